The van der Waals surface area contributed by atoms with Gasteiger partial charge in [-0.3, -0.25) is 9.36 Å². The van der Waals surface area contributed by atoms with Crippen LogP contribution >= 0.6 is 35.0 Å². The predicted octanol–water partition coefficient (Wildman–Crippen LogP) is 4.11. The Balaban J connectivity index is 2.02. The standard InChI is InChI=1S/C21H22Cl2N4O4S/c1-29-9-8-24-19(28)12-32-21-26-25-20(15-10-13(22)4-6-17(15)30-2)27(21)14-5-7-18(31-3)16(23)11-14/h4-7,10-11H,8-9,12H2,1-3H3,(H,24,28). The van der Waals surface area contributed by atoms with Crippen molar-refractivity contribution in [2.45, 2.75) is 5.16 Å². The third kappa shape index (κ3) is 5.66. The summed E-state index contributed by atoms with van der Waals surface area (Å²) in [7, 11) is 4.69. The molecule has 0 aliphatic rings. The lowest BCUT2D eigenvalue weighted by atomic mass is 10.2. The molecule has 3 rings (SSSR count). The number of methoxy groups -OCH3 is 3. The van der Waals surface area contributed by atoms with Crippen LogP contribution in [0.3, 0.4) is 0 Å². The normalized spacial score (nSPS) is 10.8. The average Bonchev–Trinajstić information content (AvgIpc) is 3.21. The minimum absolute atomic E-state index is 0.142. The van der Waals surface area contributed by atoms with Crippen LogP contribution in [0.15, 0.2) is 41.6 Å². The molecule has 0 saturated heterocycles. The molecule has 0 saturated carbocycles. The van der Waals surface area contributed by atoms with E-state index in [1.807, 2.05) is 6.07 Å². The molecule has 3 aromatic rings. The van der Waals surface area contributed by atoms with Gasteiger partial charge in [-0.2, -0.15) is 0 Å². The molecule has 170 valence electrons. The molecular weight excluding hydrogens is 475 g/mol. The Morgan fingerprint density at radius 2 is 1.81 bits per heavy atom. The summed E-state index contributed by atoms with van der Waals surface area (Å²) in [5.74, 6) is 1.62. The monoisotopic (exact) mass is 496 g/mol. The number of hydrogen-bond acceptors (Lipinski definition) is 7. The maximum absolute atomic E-state index is 12.2. The van der Waals surface area contributed by atoms with Gasteiger partial charge in [0.2, 0.25) is 5.91 Å². The van der Waals surface area contributed by atoms with Gasteiger partial charge in [0.05, 0.1) is 42.9 Å². The van der Waals surface area contributed by atoms with Gasteiger partial charge >= 0.3 is 0 Å². The van der Waals surface area contributed by atoms with Crippen molar-refractivity contribution in [3.63, 3.8) is 0 Å². The molecule has 0 atom stereocenters. The molecule has 1 heterocycles. The Bertz CT molecular complexity index is 1090. The molecule has 0 aliphatic heterocycles. The number of amides is 1. The maximum Gasteiger partial charge on any atom is 0.230 e. The molecular formula is C21H22Cl2N4O4S. The van der Waals surface area contributed by atoms with Gasteiger partial charge in [-0.25, -0.2) is 0 Å². The first-order valence-corrected chi connectivity index (χ1v) is 11.2. The average molecular weight is 497 g/mol. The van der Waals surface area contributed by atoms with Crippen molar-refractivity contribution in [1.29, 1.82) is 0 Å². The summed E-state index contributed by atoms with van der Waals surface area (Å²) in [5, 5.41) is 12.9. The Morgan fingerprint density at radius 1 is 1.06 bits per heavy atom. The molecule has 1 aromatic heterocycles. The predicted molar refractivity (Wildman–Crippen MR) is 126 cm³/mol. The highest BCUT2D eigenvalue weighted by atomic mass is 35.5. The summed E-state index contributed by atoms with van der Waals surface area (Å²) in [4.78, 5) is 12.2. The largest absolute Gasteiger partial charge is 0.496 e. The molecule has 1 amide bonds. The second kappa shape index (κ2) is 11.4. The maximum atomic E-state index is 12.2. The molecule has 0 fully saturated rings. The number of nitrogens with zero attached hydrogens (tertiary/aromatic N) is 3. The van der Waals surface area contributed by atoms with Gasteiger partial charge in [0, 0.05) is 18.7 Å². The van der Waals surface area contributed by atoms with Crippen LogP contribution in [-0.4, -0.2) is 60.9 Å². The van der Waals surface area contributed by atoms with Crippen LogP contribution in [0.1, 0.15) is 0 Å². The van der Waals surface area contributed by atoms with E-state index in [2.05, 4.69) is 15.5 Å². The molecule has 2 aromatic carbocycles. The van der Waals surface area contributed by atoms with E-state index < -0.39 is 0 Å². The number of carbonyl (C=O) groups excluding carboxylic acids is 1. The van der Waals surface area contributed by atoms with Crippen molar-refractivity contribution in [3.05, 3.63) is 46.4 Å². The number of thioether (sulfide) groups is 1. The fourth-order valence-electron chi connectivity index (χ4n) is 2.89. The van der Waals surface area contributed by atoms with Crippen LogP contribution in [0.2, 0.25) is 10.0 Å². The molecule has 1 N–H and O–H groups in total. The highest BCUT2D eigenvalue weighted by Crippen LogP contribution is 2.36. The Hall–Kier alpha value is -2.46. The zero-order valence-corrected chi connectivity index (χ0v) is 20.1. The molecule has 8 nitrogen and oxygen atoms in total. The van der Waals surface area contributed by atoms with Crippen molar-refractivity contribution in [3.8, 4) is 28.6 Å². The van der Waals surface area contributed by atoms with Crippen LogP contribution in [-0.2, 0) is 9.53 Å². The zero-order valence-electron chi connectivity index (χ0n) is 17.7. The summed E-state index contributed by atoms with van der Waals surface area (Å²) in [5.41, 5.74) is 1.34. The number of nitrogens with one attached hydrogen (secondary N) is 1. The first kappa shape index (κ1) is 24.2. The third-order valence-corrected chi connectivity index (χ3v) is 5.85. The van der Waals surface area contributed by atoms with E-state index in [0.29, 0.717) is 56.9 Å². The lowest BCUT2D eigenvalue weighted by molar-refractivity contribution is -0.118. The number of hydrogen-bond donors (Lipinski definition) is 1. The van der Waals surface area contributed by atoms with Crippen molar-refractivity contribution in [2.24, 2.45) is 0 Å². The van der Waals surface area contributed by atoms with Crippen molar-refractivity contribution in [2.75, 3.05) is 40.2 Å². The van der Waals surface area contributed by atoms with Gasteiger partial charge in [0.25, 0.3) is 0 Å². The van der Waals surface area contributed by atoms with E-state index >= 15 is 0 Å². The van der Waals surface area contributed by atoms with E-state index in [4.69, 9.17) is 37.4 Å². The SMILES string of the molecule is COCCNC(=O)CSc1nnc(-c2cc(Cl)ccc2OC)n1-c1ccc(OC)c(Cl)c1. The summed E-state index contributed by atoms with van der Waals surface area (Å²) in [6, 6.07) is 10.6. The van der Waals surface area contributed by atoms with Crippen molar-refractivity contribution < 1.29 is 19.0 Å². The van der Waals surface area contributed by atoms with E-state index in [-0.39, 0.29) is 11.7 Å². The van der Waals surface area contributed by atoms with Crippen LogP contribution in [0.5, 0.6) is 11.5 Å². The molecule has 0 bridgehead atoms. The highest BCUT2D eigenvalue weighted by Gasteiger charge is 2.21. The lowest BCUT2D eigenvalue weighted by Crippen LogP contribution is -2.28. The van der Waals surface area contributed by atoms with Gasteiger partial charge in [-0.15, -0.1) is 10.2 Å². The second-order valence-corrected chi connectivity index (χ2v) is 8.22. The van der Waals surface area contributed by atoms with E-state index in [9.17, 15) is 4.79 Å². The number of benzene rings is 2. The molecule has 0 unspecified atom stereocenters. The van der Waals surface area contributed by atoms with E-state index in [1.54, 1.807) is 56.2 Å². The Kier molecular flexibility index (Phi) is 8.63. The molecule has 0 radical (unpaired) electrons. The zero-order chi connectivity index (χ0) is 23.1. The van der Waals surface area contributed by atoms with Gasteiger partial charge in [-0.05, 0) is 36.4 Å². The molecule has 0 aliphatic carbocycles. The van der Waals surface area contributed by atoms with Crippen LogP contribution in [0.25, 0.3) is 17.1 Å². The summed E-state index contributed by atoms with van der Waals surface area (Å²) in [6.45, 7) is 0.872. The number of carbonyl (C=O) groups is 1. The number of halogens is 2. The van der Waals surface area contributed by atoms with E-state index in [1.165, 1.54) is 11.8 Å². The van der Waals surface area contributed by atoms with Gasteiger partial charge in [0.1, 0.15) is 11.5 Å². The molecule has 11 heteroatoms. The third-order valence-electron chi connectivity index (χ3n) is 4.39. The quantitative estimate of drug-likeness (QED) is 0.333. The highest BCUT2D eigenvalue weighted by molar-refractivity contribution is 7.99. The second-order valence-electron chi connectivity index (χ2n) is 6.44. The topological polar surface area (TPSA) is 87.5 Å². The van der Waals surface area contributed by atoms with Gasteiger partial charge in [0.15, 0.2) is 11.0 Å². The lowest BCUT2D eigenvalue weighted by Gasteiger charge is -2.14. The molecule has 0 spiro atoms. The fourth-order valence-corrected chi connectivity index (χ4v) is 4.10. The van der Waals surface area contributed by atoms with Crippen LogP contribution in [0, 0.1) is 0 Å². The number of rotatable bonds is 10. The Labute approximate surface area is 200 Å². The van der Waals surface area contributed by atoms with Crippen molar-refractivity contribution >= 4 is 40.9 Å². The smallest absolute Gasteiger partial charge is 0.230 e. The van der Waals surface area contributed by atoms with E-state index in [0.717, 1.165) is 0 Å². The Morgan fingerprint density at radius 3 is 2.50 bits per heavy atom. The summed E-state index contributed by atoms with van der Waals surface area (Å²) >= 11 is 13.9. The van der Waals surface area contributed by atoms with Gasteiger partial charge < -0.3 is 19.5 Å². The number of aromatic nitrogens is 3. The summed E-state index contributed by atoms with van der Waals surface area (Å²) < 4.78 is 17.5. The first-order chi connectivity index (χ1) is 15.5. The first-order valence-electron chi connectivity index (χ1n) is 9.50. The van der Waals surface area contributed by atoms with Crippen molar-refractivity contribution in [1.82, 2.24) is 20.1 Å². The minimum Gasteiger partial charge on any atom is -0.496 e. The number of ether oxygens (including phenoxy) is 3. The summed E-state index contributed by atoms with van der Waals surface area (Å²) in [6.07, 6.45) is 0. The molecule has 32 heavy (non-hydrogen) atoms. The van der Waals surface area contributed by atoms with Crippen LogP contribution in [0.4, 0.5) is 0 Å². The fraction of sp³-hybridized carbons (Fsp3) is 0.286. The minimum atomic E-state index is -0.142. The van der Waals surface area contributed by atoms with Crippen LogP contribution < -0.4 is 14.8 Å². The van der Waals surface area contributed by atoms with Gasteiger partial charge in [-0.1, -0.05) is 35.0 Å².